The van der Waals surface area contributed by atoms with E-state index in [1.807, 2.05) is 18.2 Å². The van der Waals surface area contributed by atoms with Gasteiger partial charge >= 0.3 is 5.97 Å². The van der Waals surface area contributed by atoms with E-state index in [0.717, 1.165) is 5.56 Å². The fourth-order valence-corrected chi connectivity index (χ4v) is 2.76. The smallest absolute Gasteiger partial charge is 0.340 e. The number of ether oxygens (including phenoxy) is 1. The second-order valence-electron chi connectivity index (χ2n) is 5.12. The molecule has 0 aromatic heterocycles. The van der Waals surface area contributed by atoms with Crippen molar-refractivity contribution in [3.05, 3.63) is 63.1 Å². The number of benzene rings is 2. The lowest BCUT2D eigenvalue weighted by atomic mass is 10.1. The first-order chi connectivity index (χ1) is 11.4. The standard InChI is InChI=1S/C17H16BrClN2O3/c1-10(12-4-2-3-5-14(12)19)21-16(22)9-24-17(23)13-8-11(18)6-7-15(13)20/h2-8,10H,9,20H2,1H3,(H,21,22)/t10-/m0/s1. The molecular weight excluding hydrogens is 396 g/mol. The van der Waals surface area contributed by atoms with Crippen LogP contribution in [0.2, 0.25) is 5.02 Å². The Morgan fingerprint density at radius 1 is 1.29 bits per heavy atom. The third-order valence-corrected chi connectivity index (χ3v) is 4.16. The number of hydrogen-bond donors (Lipinski definition) is 2. The van der Waals surface area contributed by atoms with E-state index in [9.17, 15) is 9.59 Å². The highest BCUT2D eigenvalue weighted by atomic mass is 79.9. The molecule has 5 nitrogen and oxygen atoms in total. The predicted octanol–water partition coefficient (Wildman–Crippen LogP) is 3.72. The van der Waals surface area contributed by atoms with Gasteiger partial charge in [0.05, 0.1) is 11.6 Å². The Balaban J connectivity index is 1.92. The topological polar surface area (TPSA) is 81.4 Å². The maximum atomic E-state index is 12.0. The van der Waals surface area contributed by atoms with Crippen LogP contribution in [-0.2, 0) is 9.53 Å². The fourth-order valence-electron chi connectivity index (χ4n) is 2.10. The highest BCUT2D eigenvalue weighted by Gasteiger charge is 2.16. The number of carbonyl (C=O) groups is 2. The monoisotopic (exact) mass is 410 g/mol. The van der Waals surface area contributed by atoms with Crippen LogP contribution in [0.15, 0.2) is 46.9 Å². The van der Waals surface area contributed by atoms with Crippen LogP contribution in [0.25, 0.3) is 0 Å². The van der Waals surface area contributed by atoms with Crippen LogP contribution in [0.1, 0.15) is 28.9 Å². The summed E-state index contributed by atoms with van der Waals surface area (Å²) in [7, 11) is 0. The van der Waals surface area contributed by atoms with Crippen molar-refractivity contribution in [1.82, 2.24) is 5.32 Å². The number of nitrogens with one attached hydrogen (secondary N) is 1. The van der Waals surface area contributed by atoms with Gasteiger partial charge in [-0.1, -0.05) is 45.7 Å². The molecular formula is C17H16BrClN2O3. The van der Waals surface area contributed by atoms with Gasteiger partial charge in [0.25, 0.3) is 5.91 Å². The molecule has 0 fully saturated rings. The molecule has 0 heterocycles. The van der Waals surface area contributed by atoms with Gasteiger partial charge in [0.15, 0.2) is 6.61 Å². The van der Waals surface area contributed by atoms with Crippen LogP contribution in [0.5, 0.6) is 0 Å². The quantitative estimate of drug-likeness (QED) is 0.580. The van der Waals surface area contributed by atoms with Gasteiger partial charge in [-0.2, -0.15) is 0 Å². The summed E-state index contributed by atoms with van der Waals surface area (Å²) in [5.74, 6) is -1.08. The average molecular weight is 412 g/mol. The minimum absolute atomic E-state index is 0.205. The Morgan fingerprint density at radius 3 is 2.71 bits per heavy atom. The summed E-state index contributed by atoms with van der Waals surface area (Å²) in [4.78, 5) is 24.0. The second-order valence-corrected chi connectivity index (χ2v) is 6.44. The van der Waals surface area contributed by atoms with Gasteiger partial charge in [0.2, 0.25) is 0 Å². The van der Waals surface area contributed by atoms with Crippen molar-refractivity contribution < 1.29 is 14.3 Å². The normalized spacial score (nSPS) is 11.6. The van der Waals surface area contributed by atoms with Gasteiger partial charge in [0.1, 0.15) is 0 Å². The summed E-state index contributed by atoms with van der Waals surface area (Å²) in [6, 6.07) is 11.7. The van der Waals surface area contributed by atoms with E-state index < -0.39 is 18.5 Å². The Hall–Kier alpha value is -2.05. The molecule has 0 aliphatic heterocycles. The molecule has 2 aromatic rings. The van der Waals surface area contributed by atoms with E-state index in [4.69, 9.17) is 22.1 Å². The van der Waals surface area contributed by atoms with E-state index in [0.29, 0.717) is 9.50 Å². The average Bonchev–Trinajstić information content (AvgIpc) is 2.55. The van der Waals surface area contributed by atoms with Crippen LogP contribution in [0, 0.1) is 0 Å². The molecule has 1 atom stereocenters. The van der Waals surface area contributed by atoms with Gasteiger partial charge in [0, 0.05) is 15.2 Å². The summed E-state index contributed by atoms with van der Waals surface area (Å²) >= 11 is 9.34. The summed E-state index contributed by atoms with van der Waals surface area (Å²) in [5, 5.41) is 3.29. The second kappa shape index (κ2) is 8.17. The van der Waals surface area contributed by atoms with E-state index in [1.54, 1.807) is 31.2 Å². The maximum Gasteiger partial charge on any atom is 0.340 e. The van der Waals surface area contributed by atoms with Gasteiger partial charge in [-0.15, -0.1) is 0 Å². The number of carbonyl (C=O) groups excluding carboxylic acids is 2. The lowest BCUT2D eigenvalue weighted by Crippen LogP contribution is -2.31. The molecule has 2 aromatic carbocycles. The molecule has 0 spiro atoms. The number of amides is 1. The molecule has 0 bridgehead atoms. The van der Waals surface area contributed by atoms with Gasteiger partial charge in [-0.05, 0) is 36.8 Å². The Kier molecular flexibility index (Phi) is 6.23. The van der Waals surface area contributed by atoms with Crippen LogP contribution in [0.3, 0.4) is 0 Å². The summed E-state index contributed by atoms with van der Waals surface area (Å²) in [5.41, 5.74) is 7.01. The molecule has 126 valence electrons. The number of rotatable bonds is 5. The molecule has 0 saturated carbocycles. The van der Waals surface area contributed by atoms with Crippen LogP contribution >= 0.6 is 27.5 Å². The van der Waals surface area contributed by atoms with Crippen molar-refractivity contribution in [2.75, 3.05) is 12.3 Å². The zero-order valence-corrected chi connectivity index (χ0v) is 15.2. The first-order valence-corrected chi connectivity index (χ1v) is 8.31. The Labute approximate surface area is 153 Å². The lowest BCUT2D eigenvalue weighted by Gasteiger charge is -2.15. The summed E-state index contributed by atoms with van der Waals surface area (Å²) in [6.07, 6.45) is 0. The molecule has 0 radical (unpaired) electrons. The number of hydrogen-bond acceptors (Lipinski definition) is 4. The minimum atomic E-state index is -0.658. The third-order valence-electron chi connectivity index (χ3n) is 3.32. The fraction of sp³-hybridized carbons (Fsp3) is 0.176. The van der Waals surface area contributed by atoms with Gasteiger partial charge in [-0.3, -0.25) is 4.79 Å². The first kappa shape index (κ1) is 18.3. The van der Waals surface area contributed by atoms with Gasteiger partial charge in [-0.25, -0.2) is 4.79 Å². The maximum absolute atomic E-state index is 12.0. The lowest BCUT2D eigenvalue weighted by molar-refractivity contribution is -0.124. The molecule has 0 saturated heterocycles. The zero-order valence-electron chi connectivity index (χ0n) is 12.9. The summed E-state index contributed by atoms with van der Waals surface area (Å²) in [6.45, 7) is 1.40. The number of nitrogen functional groups attached to an aromatic ring is 1. The molecule has 1 amide bonds. The molecule has 0 aliphatic rings. The Bertz CT molecular complexity index is 767. The SMILES string of the molecule is C[C@H](NC(=O)COC(=O)c1cc(Br)ccc1N)c1ccccc1Cl. The largest absolute Gasteiger partial charge is 0.452 e. The first-order valence-electron chi connectivity index (χ1n) is 7.14. The van der Waals surface area contributed by atoms with Crippen LogP contribution < -0.4 is 11.1 Å². The third kappa shape index (κ3) is 4.72. The highest BCUT2D eigenvalue weighted by Crippen LogP contribution is 2.22. The van der Waals surface area contributed by atoms with Crippen molar-refractivity contribution in [2.45, 2.75) is 13.0 Å². The Morgan fingerprint density at radius 2 is 2.00 bits per heavy atom. The van der Waals surface area contributed by atoms with Crippen LogP contribution in [0.4, 0.5) is 5.69 Å². The van der Waals surface area contributed by atoms with Gasteiger partial charge < -0.3 is 15.8 Å². The molecule has 24 heavy (non-hydrogen) atoms. The number of esters is 1. The van der Waals surface area contributed by atoms with E-state index in [1.165, 1.54) is 0 Å². The zero-order chi connectivity index (χ0) is 17.7. The van der Waals surface area contributed by atoms with Crippen LogP contribution in [-0.4, -0.2) is 18.5 Å². The van der Waals surface area contributed by atoms with E-state index in [-0.39, 0.29) is 17.3 Å². The van der Waals surface area contributed by atoms with E-state index in [2.05, 4.69) is 21.2 Å². The van der Waals surface area contributed by atoms with Crippen molar-refractivity contribution >= 4 is 45.1 Å². The summed E-state index contributed by atoms with van der Waals surface area (Å²) < 4.78 is 5.70. The van der Waals surface area contributed by atoms with Crippen molar-refractivity contribution in [2.24, 2.45) is 0 Å². The molecule has 2 rings (SSSR count). The van der Waals surface area contributed by atoms with Crippen molar-refractivity contribution in [3.63, 3.8) is 0 Å². The molecule has 7 heteroatoms. The number of anilines is 1. The van der Waals surface area contributed by atoms with E-state index >= 15 is 0 Å². The predicted molar refractivity (Wildman–Crippen MR) is 96.8 cm³/mol. The van der Waals surface area contributed by atoms with Crippen molar-refractivity contribution in [1.29, 1.82) is 0 Å². The highest BCUT2D eigenvalue weighted by molar-refractivity contribution is 9.10. The molecule has 3 N–H and O–H groups in total. The number of halogens is 2. The number of nitrogens with two attached hydrogens (primary N) is 1. The molecule has 0 aliphatic carbocycles. The molecule has 0 unspecified atom stereocenters. The minimum Gasteiger partial charge on any atom is -0.452 e. The van der Waals surface area contributed by atoms with Crippen molar-refractivity contribution in [3.8, 4) is 0 Å².